The van der Waals surface area contributed by atoms with E-state index in [-0.39, 0.29) is 11.3 Å². The monoisotopic (exact) mass is 485 g/mol. The summed E-state index contributed by atoms with van der Waals surface area (Å²) in [6.07, 6.45) is 5.67. The number of nitrogens with zero attached hydrogens (tertiary/aromatic N) is 6. The van der Waals surface area contributed by atoms with Crippen LogP contribution >= 0.6 is 0 Å². The second kappa shape index (κ2) is 10.2. The molecule has 1 aromatic carbocycles. The van der Waals surface area contributed by atoms with Gasteiger partial charge in [-0.15, -0.1) is 0 Å². The molecule has 1 aliphatic rings. The molecule has 36 heavy (non-hydrogen) atoms. The maximum absolute atomic E-state index is 12.4. The first-order valence-corrected chi connectivity index (χ1v) is 12.8. The Morgan fingerprint density at radius 1 is 0.944 bits per heavy atom. The number of aromatic nitrogens is 4. The van der Waals surface area contributed by atoms with Gasteiger partial charge in [-0.1, -0.05) is 39.0 Å². The van der Waals surface area contributed by atoms with Crippen molar-refractivity contribution in [2.24, 2.45) is 0 Å². The van der Waals surface area contributed by atoms with E-state index in [1.807, 2.05) is 34.9 Å². The number of hydrogen-bond donors (Lipinski definition) is 1. The number of fused-ring (bicyclic) bond motifs is 2. The van der Waals surface area contributed by atoms with Gasteiger partial charge in [0.2, 0.25) is 0 Å². The molecule has 0 aliphatic carbocycles. The Morgan fingerprint density at radius 2 is 1.72 bits per heavy atom. The van der Waals surface area contributed by atoms with Crippen LogP contribution in [0.25, 0.3) is 16.6 Å². The molecular formula is C28H35N7O. The summed E-state index contributed by atoms with van der Waals surface area (Å²) in [5.74, 6) is 1.84. The highest BCUT2D eigenvalue weighted by Crippen LogP contribution is 2.29. The third-order valence-electron chi connectivity index (χ3n) is 6.71. The molecule has 0 saturated carbocycles. The molecule has 0 spiro atoms. The molecule has 0 bridgehead atoms. The number of anilines is 1. The molecule has 0 radical (unpaired) electrons. The number of unbranched alkanes of at least 4 members (excludes halogenated alkanes) is 1. The van der Waals surface area contributed by atoms with Gasteiger partial charge in [0.25, 0.3) is 5.91 Å². The average molecular weight is 486 g/mol. The van der Waals surface area contributed by atoms with Crippen molar-refractivity contribution in [1.82, 2.24) is 29.6 Å². The summed E-state index contributed by atoms with van der Waals surface area (Å²) in [5.41, 5.74) is 2.16. The molecule has 3 aromatic heterocycles. The molecule has 4 heterocycles. The van der Waals surface area contributed by atoms with Crippen LogP contribution in [0.15, 0.2) is 54.9 Å². The van der Waals surface area contributed by atoms with Crippen molar-refractivity contribution in [3.8, 4) is 0 Å². The van der Waals surface area contributed by atoms with Gasteiger partial charge in [-0.05, 0) is 43.7 Å². The summed E-state index contributed by atoms with van der Waals surface area (Å²) in [5, 5.41) is 4.13. The van der Waals surface area contributed by atoms with Gasteiger partial charge in [-0.25, -0.2) is 15.0 Å². The Balaban J connectivity index is 1.10. The molecule has 1 saturated heterocycles. The van der Waals surface area contributed by atoms with E-state index >= 15 is 0 Å². The van der Waals surface area contributed by atoms with Crippen molar-refractivity contribution in [2.45, 2.75) is 39.0 Å². The molecule has 4 aromatic rings. The molecule has 5 rings (SSSR count). The third-order valence-corrected chi connectivity index (χ3v) is 6.71. The highest BCUT2D eigenvalue weighted by atomic mass is 16.1. The van der Waals surface area contributed by atoms with Crippen LogP contribution in [0, 0.1) is 0 Å². The quantitative estimate of drug-likeness (QED) is 0.400. The molecule has 188 valence electrons. The van der Waals surface area contributed by atoms with Crippen LogP contribution in [0.2, 0.25) is 0 Å². The molecule has 0 atom stereocenters. The molecule has 8 heteroatoms. The predicted molar refractivity (Wildman–Crippen MR) is 144 cm³/mol. The lowest BCUT2D eigenvalue weighted by Gasteiger charge is -2.36. The van der Waals surface area contributed by atoms with Crippen LogP contribution in [-0.2, 0) is 5.41 Å². The fourth-order valence-corrected chi connectivity index (χ4v) is 4.62. The van der Waals surface area contributed by atoms with Crippen LogP contribution in [-0.4, -0.2) is 69.4 Å². The fraction of sp³-hybridized carbons (Fsp3) is 0.429. The standard InChI is InChI=1S/C28H35N7O/c1-28(2,3)27-31-22-11-5-4-10-21(22)25(32-27)34-18-16-33(17-19-34)14-9-7-13-29-26(36)23-20-35-15-8-6-12-24(35)30-23/h4-6,8,10-12,15,20H,7,9,13-14,16-19H2,1-3H3,(H,29,36). The van der Waals surface area contributed by atoms with Gasteiger partial charge in [0.15, 0.2) is 0 Å². The van der Waals surface area contributed by atoms with Gasteiger partial charge in [0.05, 0.1) is 5.52 Å². The number of benzene rings is 1. The Bertz CT molecular complexity index is 1320. The maximum atomic E-state index is 12.4. The summed E-state index contributed by atoms with van der Waals surface area (Å²) in [6, 6.07) is 14.1. The summed E-state index contributed by atoms with van der Waals surface area (Å²) < 4.78 is 1.86. The number of amides is 1. The van der Waals surface area contributed by atoms with E-state index in [1.165, 1.54) is 0 Å². The molecule has 0 unspecified atom stereocenters. The molecule has 1 fully saturated rings. The number of rotatable bonds is 7. The van der Waals surface area contributed by atoms with Gasteiger partial charge in [-0.3, -0.25) is 9.69 Å². The van der Waals surface area contributed by atoms with E-state index in [0.29, 0.717) is 12.2 Å². The first-order valence-electron chi connectivity index (χ1n) is 12.8. The zero-order valence-corrected chi connectivity index (χ0v) is 21.4. The second-order valence-electron chi connectivity index (χ2n) is 10.5. The van der Waals surface area contributed by atoms with Crippen molar-refractivity contribution in [3.05, 3.63) is 66.4 Å². The highest BCUT2D eigenvalue weighted by Gasteiger charge is 2.24. The summed E-state index contributed by atoms with van der Waals surface area (Å²) >= 11 is 0. The first-order chi connectivity index (χ1) is 17.4. The summed E-state index contributed by atoms with van der Waals surface area (Å²) in [7, 11) is 0. The Hall–Kier alpha value is -3.52. The number of piperazine rings is 1. The number of pyridine rings is 1. The van der Waals surface area contributed by atoms with E-state index in [4.69, 9.17) is 9.97 Å². The maximum Gasteiger partial charge on any atom is 0.271 e. The number of nitrogens with one attached hydrogen (secondary N) is 1. The lowest BCUT2D eigenvalue weighted by Crippen LogP contribution is -2.47. The summed E-state index contributed by atoms with van der Waals surface area (Å²) in [6.45, 7) is 12.1. The SMILES string of the molecule is CC(C)(C)c1nc(N2CCN(CCCCNC(=O)c3cn4ccccc4n3)CC2)c2ccccc2n1. The van der Waals surface area contributed by atoms with Gasteiger partial charge in [0.1, 0.15) is 23.0 Å². The largest absolute Gasteiger partial charge is 0.353 e. The molecular weight excluding hydrogens is 450 g/mol. The minimum Gasteiger partial charge on any atom is -0.353 e. The van der Waals surface area contributed by atoms with Crippen molar-refractivity contribution in [1.29, 1.82) is 0 Å². The smallest absolute Gasteiger partial charge is 0.271 e. The van der Waals surface area contributed by atoms with Crippen LogP contribution in [0.4, 0.5) is 5.82 Å². The minimum absolute atomic E-state index is 0.0960. The van der Waals surface area contributed by atoms with Crippen LogP contribution < -0.4 is 10.2 Å². The number of hydrogen-bond acceptors (Lipinski definition) is 6. The third kappa shape index (κ3) is 5.33. The van der Waals surface area contributed by atoms with Crippen LogP contribution in [0.3, 0.4) is 0 Å². The lowest BCUT2D eigenvalue weighted by atomic mass is 9.95. The summed E-state index contributed by atoms with van der Waals surface area (Å²) in [4.78, 5) is 31.6. The van der Waals surface area contributed by atoms with Crippen molar-refractivity contribution in [2.75, 3.05) is 44.2 Å². The minimum atomic E-state index is -0.112. The van der Waals surface area contributed by atoms with Crippen molar-refractivity contribution >= 4 is 28.3 Å². The number of carbonyl (C=O) groups excluding carboxylic acids is 1. The predicted octanol–water partition coefficient (Wildman–Crippen LogP) is 3.91. The van der Waals surface area contributed by atoms with E-state index in [0.717, 1.165) is 73.8 Å². The molecule has 1 amide bonds. The topological polar surface area (TPSA) is 78.7 Å². The van der Waals surface area contributed by atoms with Crippen LogP contribution in [0.5, 0.6) is 0 Å². The first kappa shape index (κ1) is 24.2. The molecule has 8 nitrogen and oxygen atoms in total. The van der Waals surface area contributed by atoms with E-state index in [1.54, 1.807) is 6.20 Å². The number of imidazole rings is 1. The Morgan fingerprint density at radius 3 is 2.50 bits per heavy atom. The van der Waals surface area contributed by atoms with Gasteiger partial charge >= 0.3 is 0 Å². The van der Waals surface area contributed by atoms with Crippen molar-refractivity contribution in [3.63, 3.8) is 0 Å². The molecule has 1 N–H and O–H groups in total. The Kier molecular flexibility index (Phi) is 6.87. The number of para-hydroxylation sites is 1. The normalized spacial score (nSPS) is 15.0. The van der Waals surface area contributed by atoms with E-state index < -0.39 is 0 Å². The molecule has 1 aliphatic heterocycles. The van der Waals surface area contributed by atoms with Crippen molar-refractivity contribution < 1.29 is 4.79 Å². The lowest BCUT2D eigenvalue weighted by molar-refractivity contribution is 0.0948. The zero-order chi connectivity index (χ0) is 25.1. The Labute approximate surface area is 212 Å². The van der Waals surface area contributed by atoms with Gasteiger partial charge in [0, 0.05) is 55.9 Å². The van der Waals surface area contributed by atoms with Gasteiger partial charge < -0.3 is 14.6 Å². The zero-order valence-electron chi connectivity index (χ0n) is 21.4. The van der Waals surface area contributed by atoms with Crippen LogP contribution in [0.1, 0.15) is 49.9 Å². The van der Waals surface area contributed by atoms with E-state index in [2.05, 4.69) is 59.1 Å². The van der Waals surface area contributed by atoms with Gasteiger partial charge in [-0.2, -0.15) is 0 Å². The number of carbonyl (C=O) groups is 1. The second-order valence-corrected chi connectivity index (χ2v) is 10.5. The van der Waals surface area contributed by atoms with E-state index in [9.17, 15) is 4.79 Å². The highest BCUT2D eigenvalue weighted by molar-refractivity contribution is 5.92. The average Bonchev–Trinajstić information content (AvgIpc) is 3.32. The fourth-order valence-electron chi connectivity index (χ4n) is 4.62.